The van der Waals surface area contributed by atoms with E-state index in [2.05, 4.69) is 10.4 Å². The van der Waals surface area contributed by atoms with Gasteiger partial charge in [0.15, 0.2) is 0 Å². The maximum atomic E-state index is 13.4. The number of likely N-dealkylation sites (N-methyl/N-ethyl adjacent to an activating group) is 2. The second kappa shape index (κ2) is 10.6. The topological polar surface area (TPSA) is 88.9 Å². The highest BCUT2D eigenvalue weighted by Gasteiger charge is 2.31. The van der Waals surface area contributed by atoms with Gasteiger partial charge in [0.05, 0.1) is 11.9 Å². The third-order valence-corrected chi connectivity index (χ3v) is 5.57. The molecule has 0 saturated carbocycles. The number of benzene rings is 2. The molecule has 1 atom stereocenters. The second-order valence-corrected chi connectivity index (χ2v) is 8.59. The molecule has 0 saturated heterocycles. The average Bonchev–Trinajstić information content (AvgIpc) is 3.25. The Morgan fingerprint density at radius 2 is 2.09 bits per heavy atom. The molecule has 10 heteroatoms. The summed E-state index contributed by atoms with van der Waals surface area (Å²) in [5.41, 5.74) is 2.06. The number of ether oxygens (including phenoxy) is 2. The zero-order chi connectivity index (χ0) is 24.9. The van der Waals surface area contributed by atoms with Crippen molar-refractivity contribution in [2.24, 2.45) is 0 Å². The molecule has 9 nitrogen and oxygen atoms in total. The van der Waals surface area contributed by atoms with Crippen molar-refractivity contribution >= 4 is 17.6 Å². The molecule has 0 spiro atoms. The van der Waals surface area contributed by atoms with Crippen LogP contribution in [0.25, 0.3) is 0 Å². The van der Waals surface area contributed by atoms with Crippen molar-refractivity contribution in [2.75, 3.05) is 45.8 Å². The molecular weight excluding hydrogens is 453 g/mol. The minimum absolute atomic E-state index is 0.0276. The minimum atomic E-state index is -0.908. The zero-order valence-electron chi connectivity index (χ0n) is 19.9. The molecule has 2 aromatic carbocycles. The van der Waals surface area contributed by atoms with Gasteiger partial charge in [-0.15, -0.1) is 0 Å². The molecule has 1 aromatic heterocycles. The first-order chi connectivity index (χ1) is 16.8. The Morgan fingerprint density at radius 1 is 1.26 bits per heavy atom. The number of anilines is 1. The summed E-state index contributed by atoms with van der Waals surface area (Å²) in [6, 6.07) is 10.1. The Kier molecular flexibility index (Phi) is 7.31. The molecular formula is C25H28FN5O4. The third-order valence-electron chi connectivity index (χ3n) is 5.57. The minimum Gasteiger partial charge on any atom is -0.492 e. The SMILES string of the molecule is CN(C)CCOc1ccc2c(c1)N(C)C(=O)C(NC(=O)n1cc(Cc3cccc(F)c3)cn1)CO2. The van der Waals surface area contributed by atoms with Gasteiger partial charge in [-0.1, -0.05) is 12.1 Å². The fraction of sp³-hybridized carbons (Fsp3) is 0.320. The maximum Gasteiger partial charge on any atom is 0.342 e. The van der Waals surface area contributed by atoms with Crippen LogP contribution in [0.15, 0.2) is 54.9 Å². The van der Waals surface area contributed by atoms with E-state index in [4.69, 9.17) is 9.47 Å². The van der Waals surface area contributed by atoms with E-state index in [1.807, 2.05) is 19.0 Å². The quantitative estimate of drug-likeness (QED) is 0.558. The van der Waals surface area contributed by atoms with Gasteiger partial charge in [0.2, 0.25) is 0 Å². The number of rotatable bonds is 7. The standard InChI is InChI=1S/C25H28FN5O4/c1-29(2)9-10-34-20-7-8-23-22(13-20)30(3)24(32)21(16-35-23)28-25(33)31-15-18(14-27-31)11-17-5-4-6-19(26)12-17/h4-8,12-15,21H,9-11,16H2,1-3H3,(H,28,33). The van der Waals surface area contributed by atoms with Crippen LogP contribution in [0.1, 0.15) is 11.1 Å². The lowest BCUT2D eigenvalue weighted by atomic mass is 10.1. The molecule has 2 amide bonds. The van der Waals surface area contributed by atoms with Crippen molar-refractivity contribution < 1.29 is 23.5 Å². The fourth-order valence-electron chi connectivity index (χ4n) is 3.68. The highest BCUT2D eigenvalue weighted by Crippen LogP contribution is 2.34. The summed E-state index contributed by atoms with van der Waals surface area (Å²) >= 11 is 0. The molecule has 4 rings (SSSR count). The Labute approximate surface area is 203 Å². The molecule has 3 aromatic rings. The number of hydrogen-bond donors (Lipinski definition) is 1. The van der Waals surface area contributed by atoms with Gasteiger partial charge in [0.25, 0.3) is 5.91 Å². The highest BCUT2D eigenvalue weighted by atomic mass is 19.1. The Bertz CT molecular complexity index is 1210. The van der Waals surface area contributed by atoms with Gasteiger partial charge in [-0.2, -0.15) is 9.78 Å². The van der Waals surface area contributed by atoms with E-state index in [9.17, 15) is 14.0 Å². The average molecular weight is 482 g/mol. The first kappa shape index (κ1) is 24.2. The maximum absolute atomic E-state index is 13.4. The van der Waals surface area contributed by atoms with E-state index in [0.29, 0.717) is 30.2 Å². The number of carbonyl (C=O) groups is 2. The van der Waals surface area contributed by atoms with Crippen molar-refractivity contribution in [3.8, 4) is 11.5 Å². The second-order valence-electron chi connectivity index (χ2n) is 8.59. The molecule has 35 heavy (non-hydrogen) atoms. The number of fused-ring (bicyclic) bond motifs is 1. The van der Waals surface area contributed by atoms with Gasteiger partial charge < -0.3 is 24.6 Å². The number of amides is 2. The molecule has 0 bridgehead atoms. The number of halogens is 1. The molecule has 1 aliphatic rings. The van der Waals surface area contributed by atoms with E-state index in [1.54, 1.807) is 43.6 Å². The number of hydrogen-bond acceptors (Lipinski definition) is 6. The summed E-state index contributed by atoms with van der Waals surface area (Å²) in [5.74, 6) is 0.499. The number of nitrogens with one attached hydrogen (secondary N) is 1. The Hall–Kier alpha value is -3.92. The van der Waals surface area contributed by atoms with E-state index < -0.39 is 12.1 Å². The van der Waals surface area contributed by atoms with Gasteiger partial charge in [-0.25, -0.2) is 9.18 Å². The van der Waals surface area contributed by atoms with Crippen LogP contribution < -0.4 is 19.7 Å². The molecule has 1 N–H and O–H groups in total. The Balaban J connectivity index is 1.40. The number of nitrogens with zero attached hydrogens (tertiary/aromatic N) is 4. The number of aromatic nitrogens is 2. The van der Waals surface area contributed by atoms with Crippen LogP contribution in [-0.4, -0.2) is 73.6 Å². The third kappa shape index (κ3) is 5.96. The monoisotopic (exact) mass is 481 g/mol. The lowest BCUT2D eigenvalue weighted by Crippen LogP contribution is -2.50. The first-order valence-electron chi connectivity index (χ1n) is 11.2. The molecule has 1 unspecified atom stereocenters. The van der Waals surface area contributed by atoms with E-state index in [-0.39, 0.29) is 18.3 Å². The van der Waals surface area contributed by atoms with Crippen LogP contribution in [0.2, 0.25) is 0 Å². The predicted octanol–water partition coefficient (Wildman–Crippen LogP) is 2.54. The molecule has 1 aliphatic heterocycles. The fourth-order valence-corrected chi connectivity index (χ4v) is 3.68. The molecule has 0 fully saturated rings. The van der Waals surface area contributed by atoms with E-state index in [1.165, 1.54) is 23.2 Å². The highest BCUT2D eigenvalue weighted by molar-refractivity contribution is 6.00. The molecule has 0 aliphatic carbocycles. The molecule has 2 heterocycles. The summed E-state index contributed by atoms with van der Waals surface area (Å²) in [7, 11) is 5.55. The predicted molar refractivity (Wildman–Crippen MR) is 129 cm³/mol. The zero-order valence-corrected chi connectivity index (χ0v) is 19.9. The van der Waals surface area contributed by atoms with Crippen LogP contribution in [0.4, 0.5) is 14.9 Å². The summed E-state index contributed by atoms with van der Waals surface area (Å²) in [4.78, 5) is 29.3. The van der Waals surface area contributed by atoms with Crippen molar-refractivity contribution in [1.82, 2.24) is 20.0 Å². The van der Waals surface area contributed by atoms with Gasteiger partial charge in [-0.3, -0.25) is 4.79 Å². The van der Waals surface area contributed by atoms with Gasteiger partial charge in [-0.05, 0) is 49.5 Å². The van der Waals surface area contributed by atoms with Crippen molar-refractivity contribution in [3.05, 3.63) is 71.8 Å². The number of carbonyl (C=O) groups excluding carboxylic acids is 2. The Morgan fingerprint density at radius 3 is 2.86 bits per heavy atom. The van der Waals surface area contributed by atoms with Crippen molar-refractivity contribution in [2.45, 2.75) is 12.5 Å². The van der Waals surface area contributed by atoms with Crippen molar-refractivity contribution in [3.63, 3.8) is 0 Å². The van der Waals surface area contributed by atoms with Crippen LogP contribution in [0.5, 0.6) is 11.5 Å². The van der Waals surface area contributed by atoms with Crippen LogP contribution >= 0.6 is 0 Å². The van der Waals surface area contributed by atoms with Gasteiger partial charge in [0, 0.05) is 32.3 Å². The van der Waals surface area contributed by atoms with Gasteiger partial charge >= 0.3 is 6.03 Å². The molecule has 0 radical (unpaired) electrons. The largest absolute Gasteiger partial charge is 0.492 e. The van der Waals surface area contributed by atoms with Crippen LogP contribution in [0, 0.1) is 5.82 Å². The first-order valence-corrected chi connectivity index (χ1v) is 11.2. The van der Waals surface area contributed by atoms with Crippen molar-refractivity contribution in [1.29, 1.82) is 0 Å². The summed E-state index contributed by atoms with van der Waals surface area (Å²) in [6.07, 6.45) is 3.52. The summed E-state index contributed by atoms with van der Waals surface area (Å²) in [6.45, 7) is 1.24. The summed E-state index contributed by atoms with van der Waals surface area (Å²) in [5, 5.41) is 6.77. The van der Waals surface area contributed by atoms with Crippen LogP contribution in [-0.2, 0) is 11.2 Å². The lowest BCUT2D eigenvalue weighted by Gasteiger charge is -2.20. The lowest BCUT2D eigenvalue weighted by molar-refractivity contribution is -0.120. The van der Waals surface area contributed by atoms with E-state index in [0.717, 1.165) is 22.4 Å². The summed E-state index contributed by atoms with van der Waals surface area (Å²) < 4.78 is 26.1. The smallest absolute Gasteiger partial charge is 0.342 e. The van der Waals surface area contributed by atoms with Crippen LogP contribution in [0.3, 0.4) is 0 Å². The van der Waals surface area contributed by atoms with E-state index >= 15 is 0 Å². The normalized spacial score (nSPS) is 15.4. The molecule has 184 valence electrons. The van der Waals surface area contributed by atoms with Gasteiger partial charge in [0.1, 0.15) is 36.6 Å².